The molecule has 0 aliphatic heterocycles. The van der Waals surface area contributed by atoms with E-state index in [9.17, 15) is 4.79 Å². The van der Waals surface area contributed by atoms with Crippen molar-refractivity contribution in [3.8, 4) is 0 Å². The van der Waals surface area contributed by atoms with Crippen LogP contribution >= 0.6 is 12.4 Å². The molecule has 0 saturated carbocycles. The molecule has 1 aromatic carbocycles. The first-order valence-electron chi connectivity index (χ1n) is 6.69. The molecule has 3 N–H and O–H groups in total. The van der Waals surface area contributed by atoms with Crippen LogP contribution < -0.4 is 5.73 Å². The Hall–Kier alpha value is -1.52. The molecule has 1 aromatic heterocycles. The maximum atomic E-state index is 11.4. The Morgan fingerprint density at radius 2 is 2.15 bits per heavy atom. The van der Waals surface area contributed by atoms with E-state index in [2.05, 4.69) is 17.1 Å². The van der Waals surface area contributed by atoms with Crippen LogP contribution in [0, 0.1) is 0 Å². The van der Waals surface area contributed by atoms with Crippen molar-refractivity contribution in [1.29, 1.82) is 0 Å². The van der Waals surface area contributed by atoms with E-state index in [-0.39, 0.29) is 18.4 Å². The molecule has 2 aromatic rings. The first kappa shape index (κ1) is 16.5. The second-order valence-corrected chi connectivity index (χ2v) is 4.54. The van der Waals surface area contributed by atoms with Crippen molar-refractivity contribution >= 4 is 29.3 Å². The van der Waals surface area contributed by atoms with Crippen molar-refractivity contribution in [2.75, 3.05) is 13.2 Å². The topological polar surface area (TPSA) is 68.1 Å². The number of halogens is 1. The van der Waals surface area contributed by atoms with Crippen LogP contribution in [0.25, 0.3) is 10.9 Å². The maximum Gasteiger partial charge on any atom is 0.306 e. The molecule has 4 nitrogen and oxygen atoms in total. The van der Waals surface area contributed by atoms with Crippen molar-refractivity contribution < 1.29 is 9.53 Å². The summed E-state index contributed by atoms with van der Waals surface area (Å²) >= 11 is 0. The minimum atomic E-state index is -0.140. The summed E-state index contributed by atoms with van der Waals surface area (Å²) in [6.45, 7) is 2.90. The Bertz CT molecular complexity index is 566. The number of benzene rings is 1. The molecule has 20 heavy (non-hydrogen) atoms. The summed E-state index contributed by atoms with van der Waals surface area (Å²) in [6.07, 6.45) is 4.01. The molecular weight excluding hydrogens is 276 g/mol. The number of rotatable bonds is 6. The van der Waals surface area contributed by atoms with Gasteiger partial charge in [0.15, 0.2) is 0 Å². The minimum Gasteiger partial charge on any atom is -0.466 e. The normalized spacial score (nSPS) is 10.3. The lowest BCUT2D eigenvalue weighted by molar-refractivity contribution is -0.143. The highest BCUT2D eigenvalue weighted by Gasteiger charge is 2.06. The van der Waals surface area contributed by atoms with Crippen molar-refractivity contribution in [2.24, 2.45) is 5.73 Å². The fourth-order valence-corrected chi connectivity index (χ4v) is 2.22. The van der Waals surface area contributed by atoms with Gasteiger partial charge in [0.05, 0.1) is 6.61 Å². The van der Waals surface area contributed by atoms with E-state index < -0.39 is 0 Å². The van der Waals surface area contributed by atoms with Gasteiger partial charge in [0.2, 0.25) is 0 Å². The van der Waals surface area contributed by atoms with Gasteiger partial charge in [0.25, 0.3) is 0 Å². The highest BCUT2D eigenvalue weighted by Crippen LogP contribution is 2.21. The predicted molar refractivity (Wildman–Crippen MR) is 83.3 cm³/mol. The van der Waals surface area contributed by atoms with E-state index in [1.54, 1.807) is 0 Å². The molecule has 0 atom stereocenters. The van der Waals surface area contributed by atoms with Crippen LogP contribution in [0.15, 0.2) is 24.4 Å². The summed E-state index contributed by atoms with van der Waals surface area (Å²) < 4.78 is 4.94. The van der Waals surface area contributed by atoms with Gasteiger partial charge < -0.3 is 15.5 Å². The Morgan fingerprint density at radius 1 is 1.35 bits per heavy atom. The number of carbonyl (C=O) groups excluding carboxylic acids is 1. The van der Waals surface area contributed by atoms with Gasteiger partial charge in [0, 0.05) is 23.5 Å². The number of aryl methyl sites for hydroxylation is 1. The second-order valence-electron chi connectivity index (χ2n) is 4.54. The molecule has 110 valence electrons. The van der Waals surface area contributed by atoms with Crippen LogP contribution in [0.4, 0.5) is 0 Å². The summed E-state index contributed by atoms with van der Waals surface area (Å²) in [5, 5.41) is 1.20. The highest BCUT2D eigenvalue weighted by atomic mass is 35.5. The number of hydrogen-bond acceptors (Lipinski definition) is 3. The molecule has 0 fully saturated rings. The molecule has 0 aliphatic rings. The van der Waals surface area contributed by atoms with Crippen molar-refractivity contribution in [3.05, 3.63) is 35.5 Å². The van der Waals surface area contributed by atoms with Crippen molar-refractivity contribution in [3.63, 3.8) is 0 Å². The zero-order chi connectivity index (χ0) is 13.7. The lowest BCUT2D eigenvalue weighted by Gasteiger charge is -2.03. The molecule has 0 unspecified atom stereocenters. The number of aromatic amines is 1. The van der Waals surface area contributed by atoms with Gasteiger partial charge in [-0.3, -0.25) is 4.79 Å². The lowest BCUT2D eigenvalue weighted by Crippen LogP contribution is -2.05. The molecule has 0 spiro atoms. The first-order chi connectivity index (χ1) is 9.24. The van der Waals surface area contributed by atoms with E-state index >= 15 is 0 Å². The molecule has 5 heteroatoms. The van der Waals surface area contributed by atoms with Crippen molar-refractivity contribution in [2.45, 2.75) is 26.2 Å². The summed E-state index contributed by atoms with van der Waals surface area (Å²) in [6, 6.07) is 6.23. The standard InChI is InChI=1S/C15H20N2O2.ClH/c1-2-19-15(18)6-4-11-3-5-14-13(9-11)12(7-8-16)10-17-14;/h3,5,9-10,17H,2,4,6-8,16H2,1H3;1H. The molecular formula is C15H21ClN2O2. The summed E-state index contributed by atoms with van der Waals surface area (Å²) in [5.74, 6) is -0.140. The average molecular weight is 297 g/mol. The highest BCUT2D eigenvalue weighted by molar-refractivity contribution is 5.85. The SMILES string of the molecule is CCOC(=O)CCc1ccc2[nH]cc(CCN)c2c1.Cl. The fraction of sp³-hybridized carbons (Fsp3) is 0.400. The number of ether oxygens (including phenoxy) is 1. The molecule has 0 bridgehead atoms. The Labute approximate surface area is 125 Å². The monoisotopic (exact) mass is 296 g/mol. The second kappa shape index (κ2) is 7.92. The molecule has 1 heterocycles. The number of carbonyl (C=O) groups is 1. The van der Waals surface area contributed by atoms with E-state index in [4.69, 9.17) is 10.5 Å². The number of nitrogens with one attached hydrogen (secondary N) is 1. The van der Waals surface area contributed by atoms with Gasteiger partial charge in [-0.05, 0) is 49.6 Å². The number of H-pyrrole nitrogens is 1. The van der Waals surface area contributed by atoms with E-state index in [0.717, 1.165) is 17.5 Å². The third-order valence-electron chi connectivity index (χ3n) is 3.17. The number of fused-ring (bicyclic) bond motifs is 1. The van der Waals surface area contributed by atoms with Crippen LogP contribution in [0.5, 0.6) is 0 Å². The van der Waals surface area contributed by atoms with Crippen LogP contribution in [0.1, 0.15) is 24.5 Å². The number of nitrogens with two attached hydrogens (primary N) is 1. The van der Waals surface area contributed by atoms with Crippen LogP contribution in [0.2, 0.25) is 0 Å². The minimum absolute atomic E-state index is 0. The summed E-state index contributed by atoms with van der Waals surface area (Å²) in [5.41, 5.74) is 9.10. The summed E-state index contributed by atoms with van der Waals surface area (Å²) in [7, 11) is 0. The zero-order valence-electron chi connectivity index (χ0n) is 11.6. The van der Waals surface area contributed by atoms with Crippen LogP contribution in [-0.4, -0.2) is 24.1 Å². The van der Waals surface area contributed by atoms with Gasteiger partial charge in [-0.2, -0.15) is 0 Å². The van der Waals surface area contributed by atoms with Gasteiger partial charge >= 0.3 is 5.97 Å². The lowest BCUT2D eigenvalue weighted by atomic mass is 10.0. The molecule has 0 radical (unpaired) electrons. The van der Waals surface area contributed by atoms with E-state index in [1.807, 2.05) is 19.2 Å². The third-order valence-corrected chi connectivity index (χ3v) is 3.17. The van der Waals surface area contributed by atoms with Gasteiger partial charge in [-0.1, -0.05) is 6.07 Å². The fourth-order valence-electron chi connectivity index (χ4n) is 2.22. The number of esters is 1. The maximum absolute atomic E-state index is 11.4. The Morgan fingerprint density at radius 3 is 2.85 bits per heavy atom. The Kier molecular flexibility index (Phi) is 6.55. The molecule has 0 amide bonds. The molecule has 0 aliphatic carbocycles. The summed E-state index contributed by atoms with van der Waals surface area (Å²) in [4.78, 5) is 14.6. The number of aromatic nitrogens is 1. The zero-order valence-corrected chi connectivity index (χ0v) is 12.5. The van der Waals surface area contributed by atoms with Crippen LogP contribution in [0.3, 0.4) is 0 Å². The quantitative estimate of drug-likeness (QED) is 0.805. The average Bonchev–Trinajstić information content (AvgIpc) is 2.80. The largest absolute Gasteiger partial charge is 0.466 e. The van der Waals surface area contributed by atoms with Gasteiger partial charge in [0.1, 0.15) is 0 Å². The Balaban J connectivity index is 0.00000200. The van der Waals surface area contributed by atoms with E-state index in [1.165, 1.54) is 10.9 Å². The first-order valence-corrected chi connectivity index (χ1v) is 6.69. The molecule has 0 saturated heterocycles. The predicted octanol–water partition coefficient (Wildman–Crippen LogP) is 2.59. The van der Waals surface area contributed by atoms with Gasteiger partial charge in [-0.25, -0.2) is 0 Å². The third kappa shape index (κ3) is 3.99. The number of hydrogen-bond donors (Lipinski definition) is 2. The molecule has 2 rings (SSSR count). The van der Waals surface area contributed by atoms with E-state index in [0.29, 0.717) is 26.0 Å². The smallest absolute Gasteiger partial charge is 0.306 e. The van der Waals surface area contributed by atoms with Crippen molar-refractivity contribution in [1.82, 2.24) is 4.98 Å². The van der Waals surface area contributed by atoms with Gasteiger partial charge in [-0.15, -0.1) is 12.4 Å². The van der Waals surface area contributed by atoms with Crippen LogP contribution in [-0.2, 0) is 22.4 Å².